The van der Waals surface area contributed by atoms with Crippen LogP contribution in [0.2, 0.25) is 5.02 Å². The number of carbonyl (C=O) groups excluding carboxylic acids is 1. The molecule has 2 rings (SSSR count). The third-order valence-electron chi connectivity index (χ3n) is 3.06. The van der Waals surface area contributed by atoms with Gasteiger partial charge >= 0.3 is 6.18 Å². The van der Waals surface area contributed by atoms with Gasteiger partial charge in [0.25, 0.3) is 0 Å². The Morgan fingerprint density at radius 3 is 2.52 bits per heavy atom. The van der Waals surface area contributed by atoms with Gasteiger partial charge in [0, 0.05) is 5.75 Å². The van der Waals surface area contributed by atoms with Crippen LogP contribution in [-0.4, -0.2) is 24.0 Å². The number of benzene rings is 2. The summed E-state index contributed by atoms with van der Waals surface area (Å²) in [5.41, 5.74) is -1.38. The van der Waals surface area contributed by atoms with E-state index in [2.05, 4.69) is 5.32 Å². The molecule has 1 N–H and O–H groups in total. The topological polar surface area (TPSA) is 38.3 Å². The number of hydrogen-bond donors (Lipinski definition) is 1. The summed E-state index contributed by atoms with van der Waals surface area (Å²) in [5, 5.41) is 2.09. The van der Waals surface area contributed by atoms with Gasteiger partial charge in [-0.2, -0.15) is 13.2 Å². The minimum Gasteiger partial charge on any atom is -0.493 e. The van der Waals surface area contributed by atoms with Gasteiger partial charge in [0.05, 0.1) is 28.6 Å². The first-order valence-electron chi connectivity index (χ1n) is 7.29. The maximum Gasteiger partial charge on any atom is 0.418 e. The summed E-state index contributed by atoms with van der Waals surface area (Å²) >= 11 is 7.05. The van der Waals surface area contributed by atoms with Crippen molar-refractivity contribution in [2.75, 3.05) is 23.4 Å². The number of anilines is 1. The van der Waals surface area contributed by atoms with Gasteiger partial charge in [0.1, 0.15) is 5.75 Å². The van der Waals surface area contributed by atoms with E-state index in [9.17, 15) is 18.0 Å². The van der Waals surface area contributed by atoms with Crippen molar-refractivity contribution in [3.63, 3.8) is 0 Å². The quantitative estimate of drug-likeness (QED) is 0.669. The maximum atomic E-state index is 13.0. The predicted molar refractivity (Wildman–Crippen MR) is 94.3 cm³/mol. The highest BCUT2D eigenvalue weighted by molar-refractivity contribution is 7.99. The van der Waals surface area contributed by atoms with Crippen molar-refractivity contribution in [2.24, 2.45) is 0 Å². The fourth-order valence-electron chi connectivity index (χ4n) is 1.96. The molecule has 0 saturated carbocycles. The van der Waals surface area contributed by atoms with Crippen LogP contribution < -0.4 is 10.1 Å². The van der Waals surface area contributed by atoms with Crippen LogP contribution in [0, 0.1) is 0 Å². The molecule has 0 atom stereocenters. The van der Waals surface area contributed by atoms with Crippen LogP contribution >= 0.6 is 23.4 Å². The molecule has 3 nitrogen and oxygen atoms in total. The van der Waals surface area contributed by atoms with Crippen molar-refractivity contribution in [3.8, 4) is 5.75 Å². The van der Waals surface area contributed by atoms with E-state index < -0.39 is 23.3 Å². The van der Waals surface area contributed by atoms with Crippen LogP contribution in [0.3, 0.4) is 0 Å². The van der Waals surface area contributed by atoms with Crippen LogP contribution in [0.25, 0.3) is 0 Å². The zero-order chi connectivity index (χ0) is 18.3. The average Bonchev–Trinajstić information content (AvgIpc) is 2.56. The lowest BCUT2D eigenvalue weighted by molar-refractivity contribution is -0.137. The molecule has 0 spiro atoms. The molecule has 0 saturated heterocycles. The summed E-state index contributed by atoms with van der Waals surface area (Å²) in [7, 11) is 0. The Balaban J connectivity index is 1.81. The summed E-state index contributed by atoms with van der Waals surface area (Å²) in [6.45, 7) is 0.391. The number of carbonyl (C=O) groups is 1. The van der Waals surface area contributed by atoms with E-state index in [1.807, 2.05) is 30.3 Å². The molecular formula is C17H15ClF3NO2S. The van der Waals surface area contributed by atoms with E-state index in [1.54, 1.807) is 0 Å². The molecule has 8 heteroatoms. The number of thioether (sulfide) groups is 1. The largest absolute Gasteiger partial charge is 0.493 e. The van der Waals surface area contributed by atoms with Crippen molar-refractivity contribution < 1.29 is 22.7 Å². The highest BCUT2D eigenvalue weighted by Crippen LogP contribution is 2.38. The lowest BCUT2D eigenvalue weighted by atomic mass is 10.1. The summed E-state index contributed by atoms with van der Waals surface area (Å²) in [5.74, 6) is 0.694. The molecule has 2 aromatic rings. The van der Waals surface area contributed by atoms with E-state index in [0.29, 0.717) is 12.4 Å². The molecule has 1 amide bonds. The molecule has 0 fully saturated rings. The van der Waals surface area contributed by atoms with Crippen LogP contribution in [0.1, 0.15) is 5.56 Å². The Hall–Kier alpha value is -1.86. The predicted octanol–water partition coefficient (Wildman–Crippen LogP) is 5.11. The number of amides is 1. The number of rotatable bonds is 7. The zero-order valence-electron chi connectivity index (χ0n) is 13.0. The molecule has 25 heavy (non-hydrogen) atoms. The van der Waals surface area contributed by atoms with Gasteiger partial charge in [0.2, 0.25) is 5.91 Å². The fourth-order valence-corrected chi connectivity index (χ4v) is 2.79. The average molecular weight is 390 g/mol. The van der Waals surface area contributed by atoms with Gasteiger partial charge in [-0.3, -0.25) is 4.79 Å². The van der Waals surface area contributed by atoms with Gasteiger partial charge < -0.3 is 10.1 Å². The monoisotopic (exact) mass is 389 g/mol. The zero-order valence-corrected chi connectivity index (χ0v) is 14.5. The number of nitrogens with one attached hydrogen (secondary N) is 1. The van der Waals surface area contributed by atoms with Crippen molar-refractivity contribution in [3.05, 3.63) is 59.1 Å². The van der Waals surface area contributed by atoms with Gasteiger partial charge in [0.15, 0.2) is 0 Å². The highest BCUT2D eigenvalue weighted by atomic mass is 35.5. The van der Waals surface area contributed by atoms with Crippen LogP contribution in [0.5, 0.6) is 5.75 Å². The molecule has 0 aliphatic heterocycles. The first-order valence-corrected chi connectivity index (χ1v) is 8.82. The number of ether oxygens (including phenoxy) is 1. The molecule has 2 aromatic carbocycles. The lowest BCUT2D eigenvalue weighted by Gasteiger charge is -2.15. The summed E-state index contributed by atoms with van der Waals surface area (Å²) in [6, 6.07) is 12.6. The second kappa shape index (κ2) is 9.01. The molecule has 134 valence electrons. The molecule has 0 heterocycles. The number of halogens is 4. The Morgan fingerprint density at radius 2 is 1.84 bits per heavy atom. The third-order valence-corrected chi connectivity index (χ3v) is 4.29. The Labute approximate surface area is 152 Å². The molecule has 0 radical (unpaired) electrons. The summed E-state index contributed by atoms with van der Waals surface area (Å²) in [4.78, 5) is 11.9. The van der Waals surface area contributed by atoms with Crippen LogP contribution in [-0.2, 0) is 11.0 Å². The first-order chi connectivity index (χ1) is 11.9. The molecule has 0 aliphatic carbocycles. The number of para-hydroxylation sites is 2. The Bertz CT molecular complexity index is 711. The van der Waals surface area contributed by atoms with E-state index in [0.717, 1.165) is 11.8 Å². The van der Waals surface area contributed by atoms with Crippen molar-refractivity contribution >= 4 is 35.0 Å². The molecule has 0 bridgehead atoms. The van der Waals surface area contributed by atoms with Gasteiger partial charge in [-0.15, -0.1) is 11.8 Å². The summed E-state index contributed by atoms with van der Waals surface area (Å²) in [6.07, 6.45) is -4.59. The van der Waals surface area contributed by atoms with Gasteiger partial charge in [-0.05, 0) is 24.3 Å². The van der Waals surface area contributed by atoms with Crippen molar-refractivity contribution in [1.82, 2.24) is 0 Å². The fraction of sp³-hybridized carbons (Fsp3) is 0.235. The van der Waals surface area contributed by atoms with Gasteiger partial charge in [-0.25, -0.2) is 0 Å². The minimum atomic E-state index is -4.59. The number of alkyl halides is 3. The van der Waals surface area contributed by atoms with E-state index in [4.69, 9.17) is 16.3 Å². The van der Waals surface area contributed by atoms with E-state index in [-0.39, 0.29) is 10.8 Å². The standard InChI is InChI=1S/C17H15ClF3NO2S/c18-14-8-4-7-13(17(19,20)21)16(14)22-15(23)11-25-10-9-24-12-5-2-1-3-6-12/h1-8H,9-11H2,(H,22,23). The van der Waals surface area contributed by atoms with Crippen molar-refractivity contribution in [2.45, 2.75) is 6.18 Å². The lowest BCUT2D eigenvalue weighted by Crippen LogP contribution is -2.19. The maximum absolute atomic E-state index is 13.0. The first kappa shape index (κ1) is 19.5. The molecule has 0 unspecified atom stereocenters. The van der Waals surface area contributed by atoms with Crippen LogP contribution in [0.15, 0.2) is 48.5 Å². The Kier molecular flexibility index (Phi) is 7.01. The SMILES string of the molecule is O=C(CSCCOc1ccccc1)Nc1c(Cl)cccc1C(F)(F)F. The van der Waals surface area contributed by atoms with Gasteiger partial charge in [-0.1, -0.05) is 35.9 Å². The third kappa shape index (κ3) is 6.17. The smallest absolute Gasteiger partial charge is 0.418 e. The van der Waals surface area contributed by atoms with E-state index >= 15 is 0 Å². The summed E-state index contributed by atoms with van der Waals surface area (Å²) < 4.78 is 44.3. The Morgan fingerprint density at radius 1 is 1.12 bits per heavy atom. The van der Waals surface area contributed by atoms with Crippen LogP contribution in [0.4, 0.5) is 18.9 Å². The molecule has 0 aromatic heterocycles. The normalized spacial score (nSPS) is 11.2. The molecular weight excluding hydrogens is 375 g/mol. The van der Waals surface area contributed by atoms with E-state index in [1.165, 1.54) is 23.9 Å². The highest BCUT2D eigenvalue weighted by Gasteiger charge is 2.34. The second-order valence-electron chi connectivity index (χ2n) is 4.92. The van der Waals surface area contributed by atoms with Crippen molar-refractivity contribution in [1.29, 1.82) is 0 Å². The molecule has 0 aliphatic rings. The number of hydrogen-bond acceptors (Lipinski definition) is 3. The second-order valence-corrected chi connectivity index (χ2v) is 6.43. The minimum absolute atomic E-state index is 0.000665.